The zero-order valence-electron chi connectivity index (χ0n) is 15.5. The second kappa shape index (κ2) is 7.45. The highest BCUT2D eigenvalue weighted by Gasteiger charge is 2.18. The number of nitrogens with zero attached hydrogens (tertiary/aromatic N) is 1. The van der Waals surface area contributed by atoms with Gasteiger partial charge in [-0.15, -0.1) is 0 Å². The lowest BCUT2D eigenvalue weighted by atomic mass is 10.1. The molecule has 0 atom stereocenters. The molecule has 27 heavy (non-hydrogen) atoms. The minimum atomic E-state index is -0.381. The highest BCUT2D eigenvalue weighted by molar-refractivity contribution is 6.07. The molecule has 0 aliphatic rings. The Labute approximate surface area is 156 Å². The smallest absolute Gasteiger partial charge is 0.254 e. The molecule has 0 radical (unpaired) electrons. The van der Waals surface area contributed by atoms with Crippen LogP contribution in [0.15, 0.2) is 53.3 Å². The third-order valence-corrected chi connectivity index (χ3v) is 4.59. The molecule has 0 unspecified atom stereocenters. The maximum absolute atomic E-state index is 12.8. The number of fused-ring (bicyclic) bond motifs is 1. The summed E-state index contributed by atoms with van der Waals surface area (Å²) in [5.74, 6) is -0.679. The van der Waals surface area contributed by atoms with Gasteiger partial charge in [0.15, 0.2) is 0 Å². The van der Waals surface area contributed by atoms with Crippen molar-refractivity contribution in [2.24, 2.45) is 0 Å². The summed E-state index contributed by atoms with van der Waals surface area (Å²) in [6.45, 7) is 3.79. The van der Waals surface area contributed by atoms with Crippen molar-refractivity contribution in [2.45, 2.75) is 13.8 Å². The van der Waals surface area contributed by atoms with Gasteiger partial charge in [-0.3, -0.25) is 14.4 Å². The Kier molecular flexibility index (Phi) is 5.07. The number of anilines is 1. The number of nitrogens with one attached hydrogen (secondary N) is 2. The number of pyridine rings is 1. The molecule has 1 heterocycles. The van der Waals surface area contributed by atoms with Crippen LogP contribution in [0.1, 0.15) is 21.5 Å². The van der Waals surface area contributed by atoms with E-state index in [1.165, 1.54) is 11.0 Å². The molecule has 3 rings (SSSR count). The Bertz CT molecular complexity index is 1090. The molecule has 0 saturated carbocycles. The van der Waals surface area contributed by atoms with Crippen molar-refractivity contribution in [1.29, 1.82) is 0 Å². The maximum atomic E-state index is 12.8. The molecular formula is C21H21N3O3. The van der Waals surface area contributed by atoms with Crippen molar-refractivity contribution < 1.29 is 9.59 Å². The highest BCUT2D eigenvalue weighted by Crippen LogP contribution is 2.18. The lowest BCUT2D eigenvalue weighted by Crippen LogP contribution is -2.35. The number of aromatic nitrogens is 1. The van der Waals surface area contributed by atoms with Crippen molar-refractivity contribution in [3.8, 4) is 0 Å². The number of hydrogen-bond acceptors (Lipinski definition) is 3. The SMILES string of the molecule is Cc1cccc(NC(=O)CN(C)C(=O)c2cc(=O)[nH]c3ccccc23)c1C. The number of aryl methyl sites for hydroxylation is 1. The van der Waals surface area contributed by atoms with Gasteiger partial charge in [-0.25, -0.2) is 0 Å². The second-order valence-corrected chi connectivity index (χ2v) is 6.55. The highest BCUT2D eigenvalue weighted by atomic mass is 16.2. The van der Waals surface area contributed by atoms with Crippen molar-refractivity contribution in [1.82, 2.24) is 9.88 Å². The molecule has 0 aliphatic heterocycles. The summed E-state index contributed by atoms with van der Waals surface area (Å²) in [5, 5.41) is 3.48. The largest absolute Gasteiger partial charge is 0.332 e. The van der Waals surface area contributed by atoms with Crippen molar-refractivity contribution >= 4 is 28.4 Å². The molecule has 3 aromatic rings. The van der Waals surface area contributed by atoms with E-state index in [1.807, 2.05) is 32.0 Å². The molecule has 2 aromatic carbocycles. The summed E-state index contributed by atoms with van der Waals surface area (Å²) in [7, 11) is 1.54. The van der Waals surface area contributed by atoms with Crippen LogP contribution in [0.4, 0.5) is 5.69 Å². The quantitative estimate of drug-likeness (QED) is 0.748. The fourth-order valence-corrected chi connectivity index (χ4v) is 2.95. The molecule has 6 heteroatoms. The molecule has 6 nitrogen and oxygen atoms in total. The van der Waals surface area contributed by atoms with E-state index in [-0.39, 0.29) is 29.5 Å². The number of benzene rings is 2. The minimum Gasteiger partial charge on any atom is -0.332 e. The summed E-state index contributed by atoms with van der Waals surface area (Å²) in [6, 6.07) is 14.0. The third kappa shape index (κ3) is 3.89. The molecule has 0 aliphatic carbocycles. The lowest BCUT2D eigenvalue weighted by molar-refractivity contribution is -0.116. The van der Waals surface area contributed by atoms with Crippen LogP contribution >= 0.6 is 0 Å². The van der Waals surface area contributed by atoms with Crippen LogP contribution in [-0.4, -0.2) is 35.3 Å². The number of carbonyl (C=O) groups is 2. The summed E-state index contributed by atoms with van der Waals surface area (Å²) >= 11 is 0. The number of amides is 2. The Hall–Kier alpha value is -3.41. The van der Waals surface area contributed by atoms with E-state index in [1.54, 1.807) is 31.3 Å². The van der Waals surface area contributed by atoms with Crippen LogP contribution in [0.5, 0.6) is 0 Å². The normalized spacial score (nSPS) is 10.6. The topological polar surface area (TPSA) is 82.3 Å². The van der Waals surface area contributed by atoms with Gasteiger partial charge in [0.2, 0.25) is 11.5 Å². The van der Waals surface area contributed by atoms with E-state index in [9.17, 15) is 14.4 Å². The number of aromatic amines is 1. The van der Waals surface area contributed by atoms with Gasteiger partial charge in [-0.05, 0) is 37.1 Å². The van der Waals surface area contributed by atoms with Gasteiger partial charge in [-0.2, -0.15) is 0 Å². The maximum Gasteiger partial charge on any atom is 0.254 e. The number of carbonyl (C=O) groups excluding carboxylic acids is 2. The predicted molar refractivity (Wildman–Crippen MR) is 106 cm³/mol. The number of likely N-dealkylation sites (N-methyl/N-ethyl adjacent to an activating group) is 1. The third-order valence-electron chi connectivity index (χ3n) is 4.59. The Balaban J connectivity index is 1.79. The summed E-state index contributed by atoms with van der Waals surface area (Å²) in [5.41, 5.74) is 3.29. The van der Waals surface area contributed by atoms with Crippen LogP contribution < -0.4 is 10.9 Å². The first-order valence-corrected chi connectivity index (χ1v) is 8.60. The van der Waals surface area contributed by atoms with E-state index in [2.05, 4.69) is 10.3 Å². The molecular weight excluding hydrogens is 342 g/mol. The molecule has 138 valence electrons. The van der Waals surface area contributed by atoms with Gasteiger partial charge in [-0.1, -0.05) is 30.3 Å². The zero-order chi connectivity index (χ0) is 19.6. The van der Waals surface area contributed by atoms with E-state index in [0.29, 0.717) is 10.9 Å². The summed E-state index contributed by atoms with van der Waals surface area (Å²) < 4.78 is 0. The first-order valence-electron chi connectivity index (χ1n) is 8.60. The first-order chi connectivity index (χ1) is 12.9. The first kappa shape index (κ1) is 18.4. The number of para-hydroxylation sites is 1. The predicted octanol–water partition coefficient (Wildman–Crippen LogP) is 2.86. The number of rotatable bonds is 4. The molecule has 2 amide bonds. The van der Waals surface area contributed by atoms with Crippen LogP contribution in [0.2, 0.25) is 0 Å². The molecule has 0 saturated heterocycles. The standard InChI is InChI=1S/C21H21N3O3/c1-13-7-6-10-17(14(13)2)22-20(26)12-24(3)21(27)16-11-19(25)23-18-9-5-4-8-15(16)18/h4-11H,12H2,1-3H3,(H,22,26)(H,23,25). The lowest BCUT2D eigenvalue weighted by Gasteiger charge is -2.18. The fraction of sp³-hybridized carbons (Fsp3) is 0.190. The molecule has 1 aromatic heterocycles. The Morgan fingerprint density at radius 3 is 2.59 bits per heavy atom. The Morgan fingerprint density at radius 1 is 1.07 bits per heavy atom. The van der Waals surface area contributed by atoms with Gasteiger partial charge in [0.05, 0.1) is 12.1 Å². The van der Waals surface area contributed by atoms with Crippen molar-refractivity contribution in [3.05, 3.63) is 75.6 Å². The number of H-pyrrole nitrogens is 1. The van der Waals surface area contributed by atoms with E-state index < -0.39 is 0 Å². The zero-order valence-corrected chi connectivity index (χ0v) is 15.5. The van der Waals surface area contributed by atoms with Crippen molar-refractivity contribution in [3.63, 3.8) is 0 Å². The van der Waals surface area contributed by atoms with Gasteiger partial charge >= 0.3 is 0 Å². The van der Waals surface area contributed by atoms with Crippen molar-refractivity contribution in [2.75, 3.05) is 18.9 Å². The molecule has 0 bridgehead atoms. The summed E-state index contributed by atoms with van der Waals surface area (Å²) in [6.07, 6.45) is 0. The average Bonchev–Trinajstić information content (AvgIpc) is 2.64. The summed E-state index contributed by atoms with van der Waals surface area (Å²) in [4.78, 5) is 41.1. The number of hydrogen-bond donors (Lipinski definition) is 2. The van der Waals surface area contributed by atoms with Crippen LogP contribution in [0.3, 0.4) is 0 Å². The minimum absolute atomic E-state index is 0.118. The van der Waals surface area contributed by atoms with Gasteiger partial charge < -0.3 is 15.2 Å². The molecule has 2 N–H and O–H groups in total. The van der Waals surface area contributed by atoms with E-state index in [0.717, 1.165) is 16.8 Å². The fourth-order valence-electron chi connectivity index (χ4n) is 2.95. The average molecular weight is 363 g/mol. The molecule has 0 fully saturated rings. The van der Waals surface area contributed by atoms with E-state index >= 15 is 0 Å². The van der Waals surface area contributed by atoms with Gasteiger partial charge in [0, 0.05) is 29.7 Å². The van der Waals surface area contributed by atoms with Crippen LogP contribution in [-0.2, 0) is 4.79 Å². The van der Waals surface area contributed by atoms with E-state index in [4.69, 9.17) is 0 Å². The second-order valence-electron chi connectivity index (χ2n) is 6.55. The Morgan fingerprint density at radius 2 is 1.81 bits per heavy atom. The van der Waals surface area contributed by atoms with Gasteiger partial charge in [0.25, 0.3) is 5.91 Å². The van der Waals surface area contributed by atoms with Gasteiger partial charge in [0.1, 0.15) is 0 Å². The van der Waals surface area contributed by atoms with Crippen LogP contribution in [0, 0.1) is 13.8 Å². The van der Waals surface area contributed by atoms with Crippen LogP contribution in [0.25, 0.3) is 10.9 Å². The monoisotopic (exact) mass is 363 g/mol. The molecule has 0 spiro atoms.